The van der Waals surface area contributed by atoms with Crippen molar-refractivity contribution in [3.8, 4) is 0 Å². The molecule has 162 valence electrons. The normalized spacial score (nSPS) is 49.5. The lowest BCUT2D eigenvalue weighted by molar-refractivity contribution is 0.0501. The third kappa shape index (κ3) is 2.71. The van der Waals surface area contributed by atoms with Crippen molar-refractivity contribution in [2.24, 2.45) is 35.5 Å². The lowest BCUT2D eigenvalue weighted by Gasteiger charge is -2.46. The molecule has 6 aliphatic rings. The van der Waals surface area contributed by atoms with Gasteiger partial charge in [0.15, 0.2) is 0 Å². The van der Waals surface area contributed by atoms with Crippen molar-refractivity contribution in [1.29, 1.82) is 0 Å². The molecule has 2 saturated heterocycles. The van der Waals surface area contributed by atoms with E-state index in [-0.39, 0.29) is 0 Å². The van der Waals surface area contributed by atoms with Crippen LogP contribution in [0.4, 0.5) is 5.69 Å². The number of fused-ring (bicyclic) bond motifs is 8. The van der Waals surface area contributed by atoms with Crippen molar-refractivity contribution < 1.29 is 0 Å². The molecule has 2 heterocycles. The number of rotatable bonds is 1. The van der Waals surface area contributed by atoms with Crippen LogP contribution in [0, 0.1) is 35.5 Å². The van der Waals surface area contributed by atoms with E-state index in [9.17, 15) is 0 Å². The van der Waals surface area contributed by atoms with E-state index in [1.165, 1.54) is 82.7 Å². The molecule has 10 atom stereocenters. The van der Waals surface area contributed by atoms with Gasteiger partial charge < -0.3 is 10.2 Å². The zero-order chi connectivity index (χ0) is 19.7. The number of nitrogens with one attached hydrogen (secondary N) is 1. The maximum atomic E-state index is 4.19. The predicted molar refractivity (Wildman–Crippen MR) is 124 cm³/mol. The van der Waals surface area contributed by atoms with Gasteiger partial charge in [-0.05, 0) is 92.6 Å². The molecule has 0 spiro atoms. The van der Waals surface area contributed by atoms with Crippen molar-refractivity contribution in [2.75, 3.05) is 4.90 Å². The summed E-state index contributed by atoms with van der Waals surface area (Å²) in [5, 5.41) is 4.19. The van der Waals surface area contributed by atoms with Gasteiger partial charge in [-0.3, -0.25) is 0 Å². The van der Waals surface area contributed by atoms with Gasteiger partial charge in [0.25, 0.3) is 0 Å². The van der Waals surface area contributed by atoms with E-state index in [1.807, 2.05) is 0 Å². The Balaban J connectivity index is 1.26. The second kappa shape index (κ2) is 7.26. The van der Waals surface area contributed by atoms with Crippen LogP contribution in [0.1, 0.15) is 77.0 Å². The average molecular weight is 405 g/mol. The predicted octanol–water partition coefficient (Wildman–Crippen LogP) is 6.02. The number of para-hydroxylation sites is 1. The Kier molecular flexibility index (Phi) is 4.48. The summed E-state index contributed by atoms with van der Waals surface area (Å²) in [6, 6.07) is 14.8. The average Bonchev–Trinajstić information content (AvgIpc) is 3.33. The largest absolute Gasteiger partial charge is 0.365 e. The van der Waals surface area contributed by atoms with Crippen LogP contribution >= 0.6 is 0 Å². The Bertz CT molecular complexity index is 761. The fraction of sp³-hybridized carbons (Fsp3) is 0.786. The van der Waals surface area contributed by atoms with Crippen LogP contribution in [0.25, 0.3) is 0 Å². The SMILES string of the molecule is c1ccc(N2C3CC4NC5CCCCC5C4CC3C3C4CCCCC4CCC32)cc1. The smallest absolute Gasteiger partial charge is 0.0371 e. The molecule has 6 fully saturated rings. The Labute approximate surface area is 183 Å². The van der Waals surface area contributed by atoms with Gasteiger partial charge in [0.05, 0.1) is 0 Å². The van der Waals surface area contributed by atoms with E-state index in [4.69, 9.17) is 0 Å². The Morgan fingerprint density at radius 1 is 0.633 bits per heavy atom. The van der Waals surface area contributed by atoms with Crippen LogP contribution in [0.2, 0.25) is 0 Å². The molecule has 4 aliphatic carbocycles. The topological polar surface area (TPSA) is 15.3 Å². The van der Waals surface area contributed by atoms with Crippen LogP contribution in [-0.4, -0.2) is 24.2 Å². The molecule has 1 N–H and O–H groups in total. The first kappa shape index (κ1) is 18.5. The number of benzene rings is 1. The molecular weight excluding hydrogens is 364 g/mol. The number of hydrogen-bond acceptors (Lipinski definition) is 2. The molecule has 0 aromatic heterocycles. The van der Waals surface area contributed by atoms with Crippen LogP contribution in [-0.2, 0) is 0 Å². The Hall–Kier alpha value is -1.02. The van der Waals surface area contributed by atoms with E-state index in [0.29, 0.717) is 0 Å². The second-order valence-corrected chi connectivity index (χ2v) is 11.9. The summed E-state index contributed by atoms with van der Waals surface area (Å²) in [5.74, 6) is 6.02. The third-order valence-electron chi connectivity index (χ3n) is 10.9. The van der Waals surface area contributed by atoms with Crippen LogP contribution in [0.5, 0.6) is 0 Å². The summed E-state index contributed by atoms with van der Waals surface area (Å²) in [5.41, 5.74) is 1.53. The van der Waals surface area contributed by atoms with Gasteiger partial charge in [0.1, 0.15) is 0 Å². The quantitative estimate of drug-likeness (QED) is 0.616. The van der Waals surface area contributed by atoms with Gasteiger partial charge in [0.2, 0.25) is 0 Å². The lowest BCUT2D eigenvalue weighted by atomic mass is 9.58. The van der Waals surface area contributed by atoms with E-state index in [0.717, 1.165) is 59.7 Å². The van der Waals surface area contributed by atoms with Crippen molar-refractivity contribution in [2.45, 2.75) is 101 Å². The van der Waals surface area contributed by atoms with E-state index >= 15 is 0 Å². The third-order valence-corrected chi connectivity index (χ3v) is 10.9. The maximum absolute atomic E-state index is 4.19. The lowest BCUT2D eigenvalue weighted by Crippen LogP contribution is -2.47. The highest BCUT2D eigenvalue weighted by Gasteiger charge is 2.60. The van der Waals surface area contributed by atoms with E-state index in [2.05, 4.69) is 40.5 Å². The van der Waals surface area contributed by atoms with Gasteiger partial charge in [-0.1, -0.05) is 50.3 Å². The van der Waals surface area contributed by atoms with Crippen molar-refractivity contribution in [1.82, 2.24) is 5.32 Å². The summed E-state index contributed by atoms with van der Waals surface area (Å²) < 4.78 is 0. The zero-order valence-corrected chi connectivity index (χ0v) is 18.6. The monoisotopic (exact) mass is 404 g/mol. The van der Waals surface area contributed by atoms with Gasteiger partial charge in [-0.25, -0.2) is 0 Å². The maximum Gasteiger partial charge on any atom is 0.0371 e. The number of nitrogens with zero attached hydrogens (tertiary/aromatic N) is 1. The first-order chi connectivity index (χ1) is 14.9. The molecule has 10 unspecified atom stereocenters. The minimum atomic E-state index is 0.789. The van der Waals surface area contributed by atoms with Crippen molar-refractivity contribution in [3.63, 3.8) is 0 Å². The molecule has 30 heavy (non-hydrogen) atoms. The van der Waals surface area contributed by atoms with Gasteiger partial charge >= 0.3 is 0 Å². The van der Waals surface area contributed by atoms with Crippen LogP contribution in [0.15, 0.2) is 30.3 Å². The molecule has 2 heteroatoms. The molecule has 0 radical (unpaired) electrons. The Morgan fingerprint density at radius 3 is 2.33 bits per heavy atom. The van der Waals surface area contributed by atoms with Crippen LogP contribution in [0.3, 0.4) is 0 Å². The molecule has 0 bridgehead atoms. The van der Waals surface area contributed by atoms with E-state index < -0.39 is 0 Å². The first-order valence-corrected chi connectivity index (χ1v) is 13.5. The molecule has 1 aromatic carbocycles. The minimum Gasteiger partial charge on any atom is -0.365 e. The zero-order valence-electron chi connectivity index (χ0n) is 18.6. The number of hydrogen-bond donors (Lipinski definition) is 1. The molecule has 0 amide bonds. The fourth-order valence-corrected chi connectivity index (χ4v) is 9.92. The highest BCUT2D eigenvalue weighted by Crippen LogP contribution is 2.59. The van der Waals surface area contributed by atoms with Crippen molar-refractivity contribution in [3.05, 3.63) is 30.3 Å². The van der Waals surface area contributed by atoms with Gasteiger partial charge in [0, 0.05) is 29.9 Å². The first-order valence-electron chi connectivity index (χ1n) is 13.5. The molecule has 2 nitrogen and oxygen atoms in total. The molecule has 2 aliphatic heterocycles. The molecule has 4 saturated carbocycles. The summed E-state index contributed by atoms with van der Waals surface area (Å²) in [4.78, 5) is 2.99. The number of anilines is 1. The summed E-state index contributed by atoms with van der Waals surface area (Å²) in [6.07, 6.45) is 17.9. The van der Waals surface area contributed by atoms with Gasteiger partial charge in [-0.15, -0.1) is 0 Å². The van der Waals surface area contributed by atoms with Crippen molar-refractivity contribution >= 4 is 5.69 Å². The van der Waals surface area contributed by atoms with Gasteiger partial charge in [-0.2, -0.15) is 0 Å². The van der Waals surface area contributed by atoms with E-state index in [1.54, 1.807) is 0 Å². The van der Waals surface area contributed by atoms with Crippen LogP contribution < -0.4 is 10.2 Å². The summed E-state index contributed by atoms with van der Waals surface area (Å²) in [7, 11) is 0. The summed E-state index contributed by atoms with van der Waals surface area (Å²) >= 11 is 0. The summed E-state index contributed by atoms with van der Waals surface area (Å²) in [6.45, 7) is 0. The minimum absolute atomic E-state index is 0.789. The molecular formula is C28H40N2. The second-order valence-electron chi connectivity index (χ2n) is 11.9. The highest BCUT2D eigenvalue weighted by molar-refractivity contribution is 5.51. The molecule has 1 aromatic rings. The Morgan fingerprint density at radius 2 is 1.43 bits per heavy atom. The highest BCUT2D eigenvalue weighted by atomic mass is 15.2. The molecule has 7 rings (SSSR count). The standard InChI is InChI=1S/C28H40N2/c1-2-9-19(10-3-1)30-26-15-14-18-8-4-5-11-20(18)28(26)23-16-22-21-12-6-7-13-24(21)29-25(22)17-27(23)30/h1-3,9-10,18,20-29H,4-8,11-17H2. The fourth-order valence-electron chi connectivity index (χ4n) is 9.92.